The molecule has 0 saturated carbocycles. The van der Waals surface area contributed by atoms with Crippen LogP contribution in [-0.4, -0.2) is 70.4 Å². The lowest BCUT2D eigenvalue weighted by atomic mass is 10.1. The lowest BCUT2D eigenvalue weighted by Gasteiger charge is -2.34. The van der Waals surface area contributed by atoms with Crippen molar-refractivity contribution in [3.8, 4) is 0 Å². The molecular formula is C18H30F10N2O4S2. The quantitative estimate of drug-likeness (QED) is 0.151. The summed E-state index contributed by atoms with van der Waals surface area (Å²) in [6.45, 7) is 10.5. The first-order valence-corrected chi connectivity index (χ1v) is 13.9. The second kappa shape index (κ2) is 12.8. The minimum atomic E-state index is -7.62. The molecule has 1 heterocycles. The van der Waals surface area contributed by atoms with Gasteiger partial charge in [0, 0.05) is 12.8 Å². The van der Waals surface area contributed by atoms with Crippen molar-refractivity contribution in [3.63, 3.8) is 0 Å². The fraction of sp³-hybridized carbons (Fsp3) is 1.00. The molecule has 0 atom stereocenters. The Balaban J connectivity index is 0.000000717. The van der Waals surface area contributed by atoms with Crippen molar-refractivity contribution >= 4 is 20.0 Å². The third kappa shape index (κ3) is 8.85. The number of hydrogen-bond acceptors (Lipinski definition) is 4. The van der Waals surface area contributed by atoms with E-state index in [0.29, 0.717) is 4.13 Å². The maximum Gasteiger partial charge on any atom is 0.467 e. The van der Waals surface area contributed by atoms with Gasteiger partial charge in [-0.05, 0) is 19.3 Å². The summed E-state index contributed by atoms with van der Waals surface area (Å²) in [5, 5.41) is -14.0. The highest BCUT2D eigenvalue weighted by molar-refractivity contribution is 8.13. The second-order valence-corrected chi connectivity index (χ2v) is 11.9. The molecular weight excluding hydrogens is 562 g/mol. The molecule has 1 fully saturated rings. The maximum absolute atomic E-state index is 12.3. The number of likely N-dealkylation sites (tertiary alicyclic amines) is 1. The fourth-order valence-corrected chi connectivity index (χ4v) is 5.97. The molecule has 0 aromatic heterocycles. The number of sulfonamides is 2. The fourth-order valence-electron chi connectivity index (χ4n) is 3.61. The molecule has 0 bridgehead atoms. The molecule has 18 heteroatoms. The summed E-state index contributed by atoms with van der Waals surface area (Å²) in [5.74, 6) is 0. The summed E-state index contributed by atoms with van der Waals surface area (Å²) in [7, 11) is -15.2. The minimum Gasteiger partial charge on any atom is -0.425 e. The van der Waals surface area contributed by atoms with E-state index >= 15 is 0 Å². The van der Waals surface area contributed by atoms with Gasteiger partial charge in [0.25, 0.3) is 0 Å². The molecule has 0 unspecified atom stereocenters. The summed E-state index contributed by atoms with van der Waals surface area (Å²) < 4.78 is 163. The monoisotopic (exact) mass is 592 g/mol. The van der Waals surface area contributed by atoms with Crippen LogP contribution >= 0.6 is 0 Å². The van der Waals surface area contributed by atoms with E-state index < -0.39 is 42.9 Å². The summed E-state index contributed by atoms with van der Waals surface area (Å²) in [6.07, 6.45) is -2.46. The van der Waals surface area contributed by atoms with Gasteiger partial charge < -0.3 is 8.61 Å². The van der Waals surface area contributed by atoms with Gasteiger partial charge in [0.15, 0.2) is 20.0 Å². The first kappa shape index (κ1) is 35.1. The van der Waals surface area contributed by atoms with E-state index in [1.807, 2.05) is 0 Å². The molecule has 36 heavy (non-hydrogen) atoms. The van der Waals surface area contributed by atoms with E-state index in [-0.39, 0.29) is 0 Å². The average Bonchev–Trinajstić information content (AvgIpc) is 3.14. The van der Waals surface area contributed by atoms with E-state index in [1.165, 1.54) is 82.0 Å². The van der Waals surface area contributed by atoms with Crippen molar-refractivity contribution in [2.24, 2.45) is 0 Å². The third-order valence-electron chi connectivity index (χ3n) is 5.45. The Morgan fingerprint density at radius 3 is 1.33 bits per heavy atom. The molecule has 0 N–H and O–H groups in total. The highest BCUT2D eigenvalue weighted by Gasteiger charge is 2.68. The van der Waals surface area contributed by atoms with Gasteiger partial charge in [-0.3, -0.25) is 0 Å². The number of nitrogens with zero attached hydrogens (tertiary/aromatic N) is 2. The molecule has 0 spiro atoms. The standard InChI is InChI=1S/C14H30N.C4F10NO4S2/c1-3-5-6-7-8-12-15(11-4-2)13-9-10-14-15;5-1(6,7)3(11,12)20(16,17)15-21(18,19)4(13,14)2(8,9)10/h3-14H2,1-2H3;/q+1;-1. The zero-order valence-corrected chi connectivity index (χ0v) is 21.2. The van der Waals surface area contributed by atoms with Crippen LogP contribution in [0, 0.1) is 0 Å². The van der Waals surface area contributed by atoms with Crippen LogP contribution in [0.3, 0.4) is 0 Å². The van der Waals surface area contributed by atoms with Gasteiger partial charge in [0.1, 0.15) is 0 Å². The molecule has 218 valence electrons. The highest BCUT2D eigenvalue weighted by Crippen LogP contribution is 2.47. The van der Waals surface area contributed by atoms with Crippen LogP contribution in [0.25, 0.3) is 4.13 Å². The van der Waals surface area contributed by atoms with Crippen LogP contribution in [0.2, 0.25) is 0 Å². The zero-order chi connectivity index (χ0) is 28.7. The number of rotatable bonds is 12. The Morgan fingerprint density at radius 2 is 1.00 bits per heavy atom. The summed E-state index contributed by atoms with van der Waals surface area (Å²) in [4.78, 5) is 0. The SMILES string of the molecule is CCCCCCC[N+]1(CCC)CCCC1.O=S(=O)([N-]S(=O)(=O)C(F)(F)C(F)(F)F)C(F)(F)C(F)(F)F. The number of quaternary nitrogens is 1. The Hall–Kier alpha value is -0.880. The molecule has 1 aliphatic rings. The van der Waals surface area contributed by atoms with Gasteiger partial charge in [-0.25, -0.2) is 16.8 Å². The van der Waals surface area contributed by atoms with Crippen molar-refractivity contribution < 1.29 is 65.2 Å². The first-order chi connectivity index (χ1) is 16.0. The molecule has 0 amide bonds. The largest absolute Gasteiger partial charge is 0.467 e. The predicted molar refractivity (Wildman–Crippen MR) is 111 cm³/mol. The molecule has 6 nitrogen and oxygen atoms in total. The van der Waals surface area contributed by atoms with Crippen LogP contribution in [-0.2, 0) is 20.0 Å². The summed E-state index contributed by atoms with van der Waals surface area (Å²) >= 11 is 0. The first-order valence-electron chi connectivity index (χ1n) is 11.0. The molecule has 0 aromatic rings. The molecule has 1 saturated heterocycles. The van der Waals surface area contributed by atoms with Gasteiger partial charge in [0.05, 0.1) is 26.2 Å². The summed E-state index contributed by atoms with van der Waals surface area (Å²) in [5.41, 5.74) is 0. The highest BCUT2D eigenvalue weighted by atomic mass is 32.3. The topological polar surface area (TPSA) is 82.4 Å². The number of halogens is 10. The van der Waals surface area contributed by atoms with Gasteiger partial charge in [-0.2, -0.15) is 43.9 Å². The zero-order valence-electron chi connectivity index (χ0n) is 19.6. The van der Waals surface area contributed by atoms with Crippen molar-refractivity contribution in [1.29, 1.82) is 0 Å². The average molecular weight is 593 g/mol. The number of unbranched alkanes of at least 4 members (excludes halogenated alkanes) is 4. The van der Waals surface area contributed by atoms with Crippen molar-refractivity contribution in [2.75, 3.05) is 26.2 Å². The molecule has 0 aromatic carbocycles. The minimum absolute atomic E-state index is 0.422. The molecule has 0 aliphatic carbocycles. The molecule has 0 radical (unpaired) electrons. The normalized spacial score (nSPS) is 17.6. The molecule has 1 rings (SSSR count). The van der Waals surface area contributed by atoms with E-state index in [1.54, 1.807) is 0 Å². The Bertz CT molecular complexity index is 829. The lowest BCUT2D eigenvalue weighted by Crippen LogP contribution is -2.48. The Morgan fingerprint density at radius 1 is 0.611 bits per heavy atom. The van der Waals surface area contributed by atoms with Crippen LogP contribution in [0.5, 0.6) is 0 Å². The van der Waals surface area contributed by atoms with Crippen LogP contribution < -0.4 is 0 Å². The van der Waals surface area contributed by atoms with Crippen molar-refractivity contribution in [2.45, 2.75) is 88.1 Å². The van der Waals surface area contributed by atoms with E-state index in [4.69, 9.17) is 0 Å². The lowest BCUT2D eigenvalue weighted by molar-refractivity contribution is -0.917. The van der Waals surface area contributed by atoms with Gasteiger partial charge >= 0.3 is 22.9 Å². The smallest absolute Gasteiger partial charge is 0.425 e. The Labute approximate surface area is 204 Å². The number of hydrogen-bond donors (Lipinski definition) is 0. The van der Waals surface area contributed by atoms with Crippen LogP contribution in [0.1, 0.15) is 65.2 Å². The molecule has 1 aliphatic heterocycles. The van der Waals surface area contributed by atoms with E-state index in [9.17, 15) is 60.7 Å². The number of alkyl halides is 10. The van der Waals surface area contributed by atoms with Gasteiger partial charge in [-0.1, -0.05) is 33.1 Å². The van der Waals surface area contributed by atoms with Crippen molar-refractivity contribution in [3.05, 3.63) is 4.13 Å². The second-order valence-electron chi connectivity index (χ2n) is 8.41. The van der Waals surface area contributed by atoms with E-state index in [0.717, 1.165) is 0 Å². The van der Waals surface area contributed by atoms with Crippen LogP contribution in [0.4, 0.5) is 43.9 Å². The maximum atomic E-state index is 12.3. The van der Waals surface area contributed by atoms with Gasteiger partial charge in [0.2, 0.25) is 0 Å². The Kier molecular flexibility index (Phi) is 12.5. The van der Waals surface area contributed by atoms with Crippen LogP contribution in [0.15, 0.2) is 0 Å². The summed E-state index contributed by atoms with van der Waals surface area (Å²) in [6, 6.07) is 0. The third-order valence-corrected chi connectivity index (χ3v) is 8.78. The van der Waals surface area contributed by atoms with Crippen molar-refractivity contribution in [1.82, 2.24) is 0 Å². The van der Waals surface area contributed by atoms with Gasteiger partial charge in [-0.15, -0.1) is 0 Å². The predicted octanol–water partition coefficient (Wildman–Crippen LogP) is 6.31. The van der Waals surface area contributed by atoms with E-state index in [2.05, 4.69) is 13.8 Å².